The van der Waals surface area contributed by atoms with Crippen LogP contribution in [-0.2, 0) is 80.8 Å². The van der Waals surface area contributed by atoms with Gasteiger partial charge in [-0.2, -0.15) is 0 Å². The Balaban J connectivity index is 0.000000394. The van der Waals surface area contributed by atoms with Crippen molar-refractivity contribution in [3.05, 3.63) is 70.8 Å². The monoisotopic (exact) mass is 833 g/mol. The molecule has 0 spiro atoms. The highest BCUT2D eigenvalue weighted by Crippen LogP contribution is 2.19. The van der Waals surface area contributed by atoms with E-state index in [9.17, 15) is 60.9 Å². The number of nitrogens with one attached hydrogen (secondary N) is 4. The fourth-order valence-corrected chi connectivity index (χ4v) is 4.78. The normalized spacial score (nSPS) is 14.3. The van der Waals surface area contributed by atoms with Gasteiger partial charge in [0.25, 0.3) is 23.6 Å². The molecule has 0 saturated carbocycles. The highest BCUT2D eigenvalue weighted by atomic mass is 32.2. The molecule has 1 atom stereocenters. The van der Waals surface area contributed by atoms with Gasteiger partial charge in [0.15, 0.2) is 0 Å². The van der Waals surface area contributed by atoms with Gasteiger partial charge in [-0.3, -0.25) is 38.4 Å². The summed E-state index contributed by atoms with van der Waals surface area (Å²) in [6.07, 6.45) is -0.781. The number of hydroxylamine groups is 4. The van der Waals surface area contributed by atoms with Crippen LogP contribution >= 0.6 is 0 Å². The highest BCUT2D eigenvalue weighted by molar-refractivity contribution is 7.87. The number of hydrogen-bond acceptors (Lipinski definition) is 15. The molecule has 22 heteroatoms. The summed E-state index contributed by atoms with van der Waals surface area (Å²) in [6.45, 7) is 9.75. The first-order chi connectivity index (χ1) is 27.0. The molecule has 2 aromatic rings. The Morgan fingerprint density at radius 1 is 0.603 bits per heavy atom. The Hall–Kier alpha value is -6.55. The van der Waals surface area contributed by atoms with Gasteiger partial charge in [0.2, 0.25) is 23.6 Å². The predicted octanol–water partition coefficient (Wildman–Crippen LogP) is -0.755. The van der Waals surface area contributed by atoms with Crippen molar-refractivity contribution in [2.45, 2.75) is 79.1 Å². The smallest absolute Gasteiger partial charge is 0.352 e. The van der Waals surface area contributed by atoms with Gasteiger partial charge >= 0.3 is 11.9 Å². The van der Waals surface area contributed by atoms with Crippen LogP contribution in [0.5, 0.6) is 0 Å². The maximum Gasteiger partial charge on any atom is 0.352 e. The maximum absolute atomic E-state index is 11.4. The van der Waals surface area contributed by atoms with E-state index in [0.717, 1.165) is 18.1 Å². The Labute approximate surface area is 333 Å². The van der Waals surface area contributed by atoms with Crippen LogP contribution in [0, 0.1) is 13.8 Å². The summed E-state index contributed by atoms with van der Waals surface area (Å²) < 4.78 is 32.0. The lowest BCUT2D eigenvalue weighted by atomic mass is 10.1. The van der Waals surface area contributed by atoms with E-state index in [1.165, 1.54) is 31.9 Å². The van der Waals surface area contributed by atoms with E-state index in [2.05, 4.69) is 25.6 Å². The molecule has 0 radical (unpaired) electrons. The van der Waals surface area contributed by atoms with Crippen molar-refractivity contribution in [2.24, 2.45) is 0 Å². The minimum atomic E-state index is -5.00. The molecule has 4 rings (SSSR count). The van der Waals surface area contributed by atoms with Gasteiger partial charge < -0.3 is 35.5 Å². The molecule has 0 bridgehead atoms. The number of nitrogens with zero attached hydrogens (tertiary/aromatic N) is 2. The minimum absolute atomic E-state index is 0.00979. The van der Waals surface area contributed by atoms with Gasteiger partial charge in [0.1, 0.15) is 28.5 Å². The lowest BCUT2D eigenvalue weighted by molar-refractivity contribution is -0.196. The van der Waals surface area contributed by atoms with Gasteiger partial charge in [-0.15, -0.1) is 10.1 Å². The van der Waals surface area contributed by atoms with Crippen molar-refractivity contribution in [3.63, 3.8) is 0 Å². The number of imide groups is 2. The topological polar surface area (TPSA) is 301 Å². The van der Waals surface area contributed by atoms with E-state index >= 15 is 0 Å². The van der Waals surface area contributed by atoms with Gasteiger partial charge in [0, 0.05) is 53.6 Å². The van der Waals surface area contributed by atoms with Gasteiger partial charge in [-0.1, -0.05) is 59.7 Å². The van der Waals surface area contributed by atoms with E-state index in [1.807, 2.05) is 67.7 Å². The molecule has 8 amide bonds. The lowest BCUT2D eigenvalue weighted by Gasteiger charge is -2.15. The molecule has 1 unspecified atom stereocenters. The van der Waals surface area contributed by atoms with E-state index in [-0.39, 0.29) is 36.3 Å². The number of aryl methyl sites for hydroxylation is 2. The van der Waals surface area contributed by atoms with Crippen molar-refractivity contribution in [1.29, 1.82) is 0 Å². The van der Waals surface area contributed by atoms with Gasteiger partial charge in [-0.05, 0) is 25.0 Å². The van der Waals surface area contributed by atoms with Crippen LogP contribution in [0.3, 0.4) is 0 Å². The summed E-state index contributed by atoms with van der Waals surface area (Å²) in [5, 5.41) is 7.98. The summed E-state index contributed by atoms with van der Waals surface area (Å²) in [7, 11) is -5.00. The molecule has 4 N–H and O–H groups in total. The molecular weight excluding hydrogens is 788 g/mol. The highest BCUT2D eigenvalue weighted by Gasteiger charge is 2.45. The number of rotatable bonds is 11. The molecule has 2 fully saturated rings. The predicted molar refractivity (Wildman–Crippen MR) is 198 cm³/mol. The molecule has 58 heavy (non-hydrogen) atoms. The molecule has 316 valence electrons. The Morgan fingerprint density at radius 3 is 1.26 bits per heavy atom. The molecule has 2 heterocycles. The van der Waals surface area contributed by atoms with Crippen molar-refractivity contribution in [3.8, 4) is 0 Å². The van der Waals surface area contributed by atoms with Gasteiger partial charge in [-0.25, -0.2) is 18.0 Å². The first-order valence-corrected chi connectivity index (χ1v) is 18.6. The van der Waals surface area contributed by atoms with E-state index in [0.29, 0.717) is 18.2 Å². The minimum Gasteiger partial charge on any atom is -0.747 e. The first kappa shape index (κ1) is 49.5. The Bertz CT molecular complexity index is 1880. The van der Waals surface area contributed by atoms with E-state index in [1.54, 1.807) is 0 Å². The van der Waals surface area contributed by atoms with Crippen molar-refractivity contribution in [1.82, 2.24) is 31.4 Å². The zero-order chi connectivity index (χ0) is 44.2. The molecule has 2 saturated heterocycles. The standard InChI is InChI=1S/2C10H13NO.C8H10N2O8S.C8H10N2O5/c2*1-8-3-5-10(6-4-8)7-11-9(2)12;1-4(11)9-3-7(13)18-10-6(12)2-5(8(10)14)19(15,16)17;1-5(11)9-4-8(14)15-10-6(12)2-3-7(10)13/h2*3-6H,7H2,1-2H3,(H,11,12);5H,2-3H2,1H3,(H,9,11)(H,15,16,17);2-4H2,1H3,(H,9,11)/p-1. The summed E-state index contributed by atoms with van der Waals surface area (Å²) in [5.74, 6) is -6.56. The summed E-state index contributed by atoms with van der Waals surface area (Å²) >= 11 is 0. The van der Waals surface area contributed by atoms with Crippen LogP contribution in [0.25, 0.3) is 0 Å². The van der Waals surface area contributed by atoms with Crippen LogP contribution in [-0.4, -0.2) is 101 Å². The summed E-state index contributed by atoms with van der Waals surface area (Å²) in [6, 6.07) is 16.2. The van der Waals surface area contributed by atoms with E-state index in [4.69, 9.17) is 0 Å². The summed E-state index contributed by atoms with van der Waals surface area (Å²) in [4.78, 5) is 118. The van der Waals surface area contributed by atoms with Crippen molar-refractivity contribution < 1.29 is 70.6 Å². The zero-order valence-electron chi connectivity index (χ0n) is 32.6. The Morgan fingerprint density at radius 2 is 0.948 bits per heavy atom. The first-order valence-electron chi connectivity index (χ1n) is 17.2. The second-order valence-electron chi connectivity index (χ2n) is 12.3. The summed E-state index contributed by atoms with van der Waals surface area (Å²) in [5.41, 5.74) is 4.75. The third kappa shape index (κ3) is 19.9. The third-order valence-corrected chi connectivity index (χ3v) is 8.16. The maximum atomic E-state index is 11.4. The largest absolute Gasteiger partial charge is 0.747 e. The van der Waals surface area contributed by atoms with E-state index < -0.39 is 75.7 Å². The molecule has 2 aromatic carbocycles. The molecule has 21 nitrogen and oxygen atoms in total. The SMILES string of the molecule is CC(=O)NCC(=O)ON1C(=O)CC(S(=O)(=O)[O-])C1=O.CC(=O)NCC(=O)ON1C(=O)CCC1=O.CC(=O)NCc1ccc(C)cc1.CC(=O)NCc1ccc(C)cc1. The molecule has 2 aliphatic rings. The fourth-order valence-electron chi connectivity index (χ4n) is 4.09. The quantitative estimate of drug-likeness (QED) is 0.160. The average molecular weight is 834 g/mol. The number of hydrogen-bond donors (Lipinski definition) is 4. The van der Waals surface area contributed by atoms with Crippen LogP contribution < -0.4 is 21.3 Å². The lowest BCUT2D eigenvalue weighted by Crippen LogP contribution is -2.39. The van der Waals surface area contributed by atoms with Crippen LogP contribution in [0.4, 0.5) is 0 Å². The third-order valence-electron chi connectivity index (χ3n) is 7.09. The zero-order valence-corrected chi connectivity index (χ0v) is 33.4. The second-order valence-corrected chi connectivity index (χ2v) is 13.9. The molecular formula is C36H45N6O15S-. The van der Waals surface area contributed by atoms with Crippen molar-refractivity contribution in [2.75, 3.05) is 13.1 Å². The van der Waals surface area contributed by atoms with Crippen LogP contribution in [0.15, 0.2) is 48.5 Å². The van der Waals surface area contributed by atoms with Gasteiger partial charge in [0.05, 0.1) is 6.42 Å². The average Bonchev–Trinajstić information content (AvgIpc) is 3.61. The second kappa shape index (κ2) is 24.2. The number of amides is 8. The number of carbonyl (C=O) groups excluding carboxylic acids is 10. The molecule has 0 aromatic heterocycles. The van der Waals surface area contributed by atoms with Crippen molar-refractivity contribution >= 4 is 69.3 Å². The van der Waals surface area contributed by atoms with Crippen LogP contribution in [0.2, 0.25) is 0 Å². The number of carbonyl (C=O) groups is 10. The fraction of sp³-hybridized carbons (Fsp3) is 0.389. The molecule has 0 aliphatic carbocycles. The van der Waals surface area contributed by atoms with Crippen LogP contribution in [0.1, 0.15) is 69.2 Å². The Kier molecular flexibility index (Phi) is 20.6. The number of benzene rings is 2. The molecule has 2 aliphatic heterocycles.